The molecule has 3 aromatic rings. The van der Waals surface area contributed by atoms with Crippen molar-refractivity contribution < 1.29 is 32.9 Å². The van der Waals surface area contributed by atoms with E-state index in [4.69, 9.17) is 14.2 Å². The van der Waals surface area contributed by atoms with Gasteiger partial charge in [-0.3, -0.25) is 0 Å². The van der Waals surface area contributed by atoms with Crippen LogP contribution in [0.2, 0.25) is 0 Å². The van der Waals surface area contributed by atoms with Gasteiger partial charge in [0.2, 0.25) is 17.7 Å². The summed E-state index contributed by atoms with van der Waals surface area (Å²) in [4.78, 5) is 33.1. The maximum atomic E-state index is 13.7. The third-order valence-electron chi connectivity index (χ3n) is 7.41. The third-order valence-corrected chi connectivity index (χ3v) is 8.71. The van der Waals surface area contributed by atoms with Gasteiger partial charge in [-0.1, -0.05) is 6.07 Å². The molecule has 0 amide bonds. The Hall–Kier alpha value is -3.01. The fourth-order valence-corrected chi connectivity index (χ4v) is 6.21. The van der Waals surface area contributed by atoms with Crippen molar-refractivity contribution >= 4 is 44.9 Å². The largest absolute Gasteiger partial charge is 0.480 e. The van der Waals surface area contributed by atoms with Gasteiger partial charge in [0.1, 0.15) is 23.4 Å². The maximum Gasteiger partial charge on any atom is 0.326 e. The molecule has 3 aliphatic heterocycles. The van der Waals surface area contributed by atoms with E-state index in [1.807, 2.05) is 6.07 Å². The molecule has 212 valence electrons. The van der Waals surface area contributed by atoms with Crippen LogP contribution in [-0.4, -0.2) is 87.7 Å². The number of carboxylic acid groups (broad SMARTS) is 1. The monoisotopic (exact) mass is 638 g/mol. The first kappa shape index (κ1) is 27.2. The van der Waals surface area contributed by atoms with Crippen molar-refractivity contribution in [1.82, 2.24) is 19.9 Å². The molecule has 6 heterocycles. The van der Waals surface area contributed by atoms with Crippen LogP contribution in [0.1, 0.15) is 25.6 Å². The molecule has 6 rings (SSSR count). The van der Waals surface area contributed by atoms with Crippen LogP contribution in [0.4, 0.5) is 20.4 Å². The van der Waals surface area contributed by atoms with Crippen molar-refractivity contribution in [3.05, 3.63) is 40.1 Å². The zero-order chi connectivity index (χ0) is 28.0. The summed E-state index contributed by atoms with van der Waals surface area (Å²) in [6, 6.07) is 4.26. The molecule has 40 heavy (non-hydrogen) atoms. The van der Waals surface area contributed by atoms with Crippen molar-refractivity contribution in [3.8, 4) is 16.6 Å². The number of hydrogen-bond donors (Lipinski definition) is 1. The smallest absolute Gasteiger partial charge is 0.326 e. The Morgan fingerprint density at radius 3 is 2.80 bits per heavy atom. The van der Waals surface area contributed by atoms with E-state index in [0.717, 1.165) is 10.2 Å². The number of hydrogen-bond acceptors (Lipinski definition) is 11. The highest BCUT2D eigenvalue weighted by molar-refractivity contribution is 9.10. The lowest BCUT2D eigenvalue weighted by Crippen LogP contribution is -2.68. The first-order chi connectivity index (χ1) is 19.2. The van der Waals surface area contributed by atoms with Crippen LogP contribution in [-0.2, 0) is 14.3 Å². The SMILES string of the molecule is C[C@@H]1N(c2cc(Br)cnc2O[C@H]2C[C@@H](C(=O)O)N(c3nc(-c4cccs4)nc(C(F)F)n3)C2)CCOC12COC2. The van der Waals surface area contributed by atoms with Gasteiger partial charge in [0.05, 0.1) is 37.3 Å². The number of thiophene rings is 1. The van der Waals surface area contributed by atoms with Crippen LogP contribution in [0.5, 0.6) is 5.88 Å². The molecule has 0 aliphatic carbocycles. The number of halogens is 3. The number of morpholine rings is 1. The van der Waals surface area contributed by atoms with Crippen LogP contribution >= 0.6 is 27.3 Å². The van der Waals surface area contributed by atoms with Crippen molar-refractivity contribution in [1.29, 1.82) is 0 Å². The average Bonchev–Trinajstić information content (AvgIpc) is 3.60. The summed E-state index contributed by atoms with van der Waals surface area (Å²) in [6.45, 7) is 4.24. The average molecular weight is 639 g/mol. The molecule has 11 nitrogen and oxygen atoms in total. The topological polar surface area (TPSA) is 123 Å². The summed E-state index contributed by atoms with van der Waals surface area (Å²) in [5.41, 5.74) is 0.333. The van der Waals surface area contributed by atoms with E-state index >= 15 is 0 Å². The number of rotatable bonds is 7. The van der Waals surface area contributed by atoms with Crippen molar-refractivity contribution in [2.24, 2.45) is 0 Å². The Morgan fingerprint density at radius 1 is 1.30 bits per heavy atom. The Labute approximate surface area is 240 Å². The van der Waals surface area contributed by atoms with Gasteiger partial charge < -0.3 is 29.1 Å². The standard InChI is InChI=1S/C25H25BrF2N6O5S/c1-13-25(11-37-12-25)38-5-4-33(13)16-7-14(26)9-29-22(16)39-15-8-17(23(35)36)34(10-15)24-31-20(18-3-2-6-40-18)30-21(32-24)19(27)28/h2-3,6-7,9,13,15,17,19H,4-5,8,10-12H2,1H3,(H,35,36)/t13-,15-,17-/m0/s1. The van der Waals surface area contributed by atoms with Crippen molar-refractivity contribution in [3.63, 3.8) is 0 Å². The number of ether oxygens (including phenoxy) is 3. The zero-order valence-electron chi connectivity index (χ0n) is 21.2. The van der Waals surface area contributed by atoms with Gasteiger partial charge in [0.25, 0.3) is 6.43 Å². The maximum absolute atomic E-state index is 13.7. The molecule has 0 unspecified atom stereocenters. The van der Waals surface area contributed by atoms with Crippen LogP contribution < -0.4 is 14.5 Å². The van der Waals surface area contributed by atoms with E-state index in [1.54, 1.807) is 23.7 Å². The zero-order valence-corrected chi connectivity index (χ0v) is 23.6. The molecule has 0 bridgehead atoms. The number of anilines is 2. The van der Waals surface area contributed by atoms with E-state index in [-0.39, 0.29) is 30.8 Å². The molecule has 15 heteroatoms. The summed E-state index contributed by atoms with van der Waals surface area (Å²) in [7, 11) is 0. The van der Waals surface area contributed by atoms with Gasteiger partial charge in [0.15, 0.2) is 5.82 Å². The minimum absolute atomic E-state index is 0.0195. The Morgan fingerprint density at radius 2 is 2.12 bits per heavy atom. The summed E-state index contributed by atoms with van der Waals surface area (Å²) in [6.07, 6.45) is -1.88. The van der Waals surface area contributed by atoms with E-state index in [1.165, 1.54) is 16.2 Å². The fourth-order valence-electron chi connectivity index (χ4n) is 5.23. The fraction of sp³-hybridized carbons (Fsp3) is 0.480. The number of aliphatic carboxylic acids is 1. The number of nitrogens with zero attached hydrogens (tertiary/aromatic N) is 6. The molecule has 0 saturated carbocycles. The van der Waals surface area contributed by atoms with Gasteiger partial charge in [-0.15, -0.1) is 11.3 Å². The highest BCUT2D eigenvalue weighted by atomic mass is 79.9. The van der Waals surface area contributed by atoms with Crippen molar-refractivity contribution in [2.75, 3.05) is 42.7 Å². The molecule has 3 atom stereocenters. The van der Waals surface area contributed by atoms with Crippen LogP contribution in [0.3, 0.4) is 0 Å². The number of aromatic nitrogens is 4. The molecule has 3 aromatic heterocycles. The van der Waals surface area contributed by atoms with Gasteiger partial charge >= 0.3 is 5.97 Å². The minimum Gasteiger partial charge on any atom is -0.480 e. The highest BCUT2D eigenvalue weighted by Crippen LogP contribution is 2.40. The molecule has 3 fully saturated rings. The first-order valence-electron chi connectivity index (χ1n) is 12.6. The predicted molar refractivity (Wildman–Crippen MR) is 144 cm³/mol. The Kier molecular flexibility index (Phi) is 7.31. The lowest BCUT2D eigenvalue weighted by atomic mass is 9.90. The molecule has 0 radical (unpaired) electrons. The van der Waals surface area contributed by atoms with E-state index in [9.17, 15) is 18.7 Å². The first-order valence-corrected chi connectivity index (χ1v) is 14.3. The molecule has 1 N–H and O–H groups in total. The minimum atomic E-state index is -2.95. The van der Waals surface area contributed by atoms with E-state index in [2.05, 4.69) is 47.7 Å². The van der Waals surface area contributed by atoms with Gasteiger partial charge in [0, 0.05) is 23.6 Å². The van der Waals surface area contributed by atoms with Gasteiger partial charge in [-0.25, -0.2) is 23.5 Å². The highest BCUT2D eigenvalue weighted by Gasteiger charge is 2.50. The van der Waals surface area contributed by atoms with Crippen LogP contribution in [0.25, 0.3) is 10.7 Å². The lowest BCUT2D eigenvalue weighted by molar-refractivity contribution is -0.228. The number of carbonyl (C=O) groups is 1. The summed E-state index contributed by atoms with van der Waals surface area (Å²) < 4.78 is 46.0. The summed E-state index contributed by atoms with van der Waals surface area (Å²) in [5.74, 6) is -1.58. The summed E-state index contributed by atoms with van der Waals surface area (Å²) >= 11 is 4.78. The predicted octanol–water partition coefficient (Wildman–Crippen LogP) is 3.80. The molecule has 0 aromatic carbocycles. The van der Waals surface area contributed by atoms with E-state index in [0.29, 0.717) is 37.1 Å². The van der Waals surface area contributed by atoms with E-state index < -0.39 is 36.0 Å². The molecule has 3 aliphatic rings. The second-order valence-corrected chi connectivity index (χ2v) is 11.7. The van der Waals surface area contributed by atoms with Crippen LogP contribution in [0, 0.1) is 0 Å². The molecule has 3 saturated heterocycles. The summed E-state index contributed by atoms with van der Waals surface area (Å²) in [5, 5.41) is 11.8. The Bertz CT molecular complexity index is 1400. The lowest BCUT2D eigenvalue weighted by Gasteiger charge is -2.53. The van der Waals surface area contributed by atoms with Gasteiger partial charge in [-0.05, 0) is 40.4 Å². The second kappa shape index (κ2) is 10.8. The third kappa shape index (κ3) is 4.99. The molecule has 1 spiro atoms. The normalized spacial score (nSPS) is 24.0. The molecular formula is C25H25BrF2N6O5S. The molecular weight excluding hydrogens is 614 g/mol. The van der Waals surface area contributed by atoms with Crippen molar-refractivity contribution in [2.45, 2.75) is 43.6 Å². The Balaban J connectivity index is 1.29. The van der Waals surface area contributed by atoms with Gasteiger partial charge in [-0.2, -0.15) is 9.97 Å². The van der Waals surface area contributed by atoms with Crippen LogP contribution in [0.15, 0.2) is 34.2 Å². The number of carboxylic acids is 1. The second-order valence-electron chi connectivity index (χ2n) is 9.83. The quantitative estimate of drug-likeness (QED) is 0.406. The number of alkyl halides is 2. The number of pyridine rings is 1.